The minimum absolute atomic E-state index is 0.209. The Morgan fingerprint density at radius 1 is 0.971 bits per heavy atom. The van der Waals surface area contributed by atoms with Gasteiger partial charge in [-0.05, 0) is 42.3 Å². The molecule has 0 aliphatic carbocycles. The molecule has 8 heteroatoms. The lowest BCUT2D eigenvalue weighted by atomic mass is 9.94. The number of urea groups is 1. The molecule has 1 N–H and O–H groups in total. The van der Waals surface area contributed by atoms with Crippen LogP contribution in [0, 0.1) is 0 Å². The van der Waals surface area contributed by atoms with Crippen molar-refractivity contribution >= 4 is 34.8 Å². The Labute approximate surface area is 206 Å². The Balaban J connectivity index is 1.60. The van der Waals surface area contributed by atoms with Crippen molar-refractivity contribution < 1.29 is 9.32 Å². The van der Waals surface area contributed by atoms with Crippen molar-refractivity contribution in [2.75, 3.05) is 0 Å². The summed E-state index contributed by atoms with van der Waals surface area (Å²) in [7, 11) is 0. The largest absolute Gasteiger partial charge is 0.334 e. The minimum Gasteiger partial charge on any atom is -0.334 e. The Morgan fingerprint density at radius 2 is 1.74 bits per heavy atom. The zero-order valence-electron chi connectivity index (χ0n) is 18.2. The average Bonchev–Trinajstić information content (AvgIpc) is 3.32. The summed E-state index contributed by atoms with van der Waals surface area (Å²) in [6.45, 7) is 2.30. The van der Waals surface area contributed by atoms with Crippen LogP contribution in [0.3, 0.4) is 0 Å². The van der Waals surface area contributed by atoms with Crippen LogP contribution in [-0.2, 0) is 6.54 Å². The van der Waals surface area contributed by atoms with Gasteiger partial charge >= 0.3 is 6.03 Å². The molecule has 170 valence electrons. The highest BCUT2D eigenvalue weighted by Crippen LogP contribution is 2.38. The van der Waals surface area contributed by atoms with Crippen LogP contribution in [0.5, 0.6) is 0 Å². The topological polar surface area (TPSA) is 71.3 Å². The Hall–Kier alpha value is -3.61. The van der Waals surface area contributed by atoms with Gasteiger partial charge in [-0.3, -0.25) is 4.90 Å². The summed E-state index contributed by atoms with van der Waals surface area (Å²) in [5, 5.41) is 8.46. The molecular formula is C26H20Cl2N4O2. The Morgan fingerprint density at radius 3 is 2.47 bits per heavy atom. The first-order chi connectivity index (χ1) is 16.5. The number of halogens is 2. The van der Waals surface area contributed by atoms with E-state index in [4.69, 9.17) is 27.7 Å². The van der Waals surface area contributed by atoms with Gasteiger partial charge in [-0.1, -0.05) is 83.0 Å². The van der Waals surface area contributed by atoms with E-state index in [1.54, 1.807) is 29.2 Å². The summed E-state index contributed by atoms with van der Waals surface area (Å²) in [4.78, 5) is 19.5. The number of hydrogen-bond donors (Lipinski definition) is 1. The molecule has 34 heavy (non-hydrogen) atoms. The van der Waals surface area contributed by atoms with E-state index in [1.807, 2.05) is 61.5 Å². The van der Waals surface area contributed by atoms with E-state index in [2.05, 4.69) is 15.5 Å². The van der Waals surface area contributed by atoms with Gasteiger partial charge in [-0.25, -0.2) is 4.79 Å². The first kappa shape index (κ1) is 22.2. The van der Waals surface area contributed by atoms with Crippen molar-refractivity contribution in [3.63, 3.8) is 0 Å². The van der Waals surface area contributed by atoms with Crippen molar-refractivity contribution in [2.45, 2.75) is 19.5 Å². The van der Waals surface area contributed by atoms with Crippen molar-refractivity contribution in [3.8, 4) is 11.4 Å². The number of amides is 2. The van der Waals surface area contributed by atoms with E-state index in [0.717, 1.165) is 28.0 Å². The van der Waals surface area contributed by atoms with Crippen LogP contribution in [-0.4, -0.2) is 21.1 Å². The van der Waals surface area contributed by atoms with Gasteiger partial charge in [0.15, 0.2) is 0 Å². The van der Waals surface area contributed by atoms with E-state index in [-0.39, 0.29) is 6.03 Å². The molecule has 1 aliphatic rings. The summed E-state index contributed by atoms with van der Waals surface area (Å²) in [5.41, 5.74) is 4.05. The number of aromatic nitrogens is 2. The van der Waals surface area contributed by atoms with E-state index in [1.165, 1.54) is 0 Å². The number of nitrogens with one attached hydrogen (secondary N) is 1. The molecular weight excluding hydrogens is 471 g/mol. The molecule has 2 heterocycles. The predicted octanol–water partition coefficient (Wildman–Crippen LogP) is 6.74. The Kier molecular flexibility index (Phi) is 6.09. The lowest BCUT2D eigenvalue weighted by molar-refractivity contribution is 0.203. The van der Waals surface area contributed by atoms with Gasteiger partial charge in [-0.15, -0.1) is 0 Å². The summed E-state index contributed by atoms with van der Waals surface area (Å²) in [6.07, 6.45) is 0. The molecule has 1 aromatic heterocycles. The molecule has 0 fully saturated rings. The van der Waals surface area contributed by atoms with Crippen LogP contribution in [0.1, 0.15) is 30.0 Å². The van der Waals surface area contributed by atoms with Crippen molar-refractivity contribution in [3.05, 3.63) is 112 Å². The summed E-state index contributed by atoms with van der Waals surface area (Å²) in [6, 6.07) is 23.7. The number of benzene rings is 3. The molecule has 2 amide bonds. The van der Waals surface area contributed by atoms with E-state index >= 15 is 0 Å². The molecule has 1 aliphatic heterocycles. The first-order valence-electron chi connectivity index (χ1n) is 10.7. The van der Waals surface area contributed by atoms with Crippen LogP contribution in [0.2, 0.25) is 10.0 Å². The zero-order chi connectivity index (χ0) is 23.7. The van der Waals surface area contributed by atoms with E-state index in [9.17, 15) is 4.79 Å². The average molecular weight is 491 g/mol. The summed E-state index contributed by atoms with van der Waals surface area (Å²) in [5.74, 6) is 0.740. The first-order valence-corrected chi connectivity index (χ1v) is 11.4. The number of carbonyl (C=O) groups excluding carboxylic acids is 1. The predicted molar refractivity (Wildman–Crippen MR) is 132 cm³/mol. The van der Waals surface area contributed by atoms with Gasteiger partial charge in [-0.2, -0.15) is 4.98 Å². The van der Waals surface area contributed by atoms with Gasteiger partial charge in [0.05, 0.1) is 18.2 Å². The molecule has 0 saturated heterocycles. The Bertz CT molecular complexity index is 1370. The molecule has 5 rings (SSSR count). The van der Waals surface area contributed by atoms with Gasteiger partial charge in [0.25, 0.3) is 5.89 Å². The maximum Gasteiger partial charge on any atom is 0.322 e. The molecule has 0 saturated carbocycles. The summed E-state index contributed by atoms with van der Waals surface area (Å²) < 4.78 is 5.71. The monoisotopic (exact) mass is 490 g/mol. The van der Waals surface area contributed by atoms with Crippen LogP contribution < -0.4 is 5.32 Å². The second-order valence-corrected chi connectivity index (χ2v) is 8.81. The molecule has 6 nitrogen and oxygen atoms in total. The van der Waals surface area contributed by atoms with Crippen molar-refractivity contribution in [1.82, 2.24) is 20.4 Å². The number of nitrogens with zero attached hydrogens (tertiary/aromatic N) is 3. The maximum absolute atomic E-state index is 13.2. The normalized spacial score (nSPS) is 16.0. The van der Waals surface area contributed by atoms with Crippen molar-refractivity contribution in [1.29, 1.82) is 0 Å². The molecule has 0 spiro atoms. The highest BCUT2D eigenvalue weighted by molar-refractivity contribution is 6.31. The maximum atomic E-state index is 13.2. The van der Waals surface area contributed by atoms with Gasteiger partial charge < -0.3 is 9.84 Å². The second-order valence-electron chi connectivity index (χ2n) is 7.94. The van der Waals surface area contributed by atoms with E-state index in [0.29, 0.717) is 28.3 Å². The number of carbonyl (C=O) groups is 1. The number of allylic oxidation sites excluding steroid dienone is 1. The fourth-order valence-electron chi connectivity index (χ4n) is 4.00. The second kappa shape index (κ2) is 9.33. The zero-order valence-corrected chi connectivity index (χ0v) is 19.7. The number of rotatable bonds is 5. The third kappa shape index (κ3) is 4.42. The molecule has 0 radical (unpaired) electrons. The summed E-state index contributed by atoms with van der Waals surface area (Å²) >= 11 is 12.2. The highest BCUT2D eigenvalue weighted by Gasteiger charge is 2.35. The lowest BCUT2D eigenvalue weighted by Crippen LogP contribution is -2.45. The quantitative estimate of drug-likeness (QED) is 0.336. The molecule has 4 aromatic rings. The van der Waals surface area contributed by atoms with Gasteiger partial charge in [0.2, 0.25) is 5.82 Å². The smallest absolute Gasteiger partial charge is 0.322 e. The molecule has 3 aromatic carbocycles. The van der Waals surface area contributed by atoms with Gasteiger partial charge in [0.1, 0.15) is 0 Å². The fourth-order valence-corrected chi connectivity index (χ4v) is 4.31. The SMILES string of the molecule is CC1=C(c2nc(-c3cccc(Cl)c3)no2)C(c2ccc(Cl)cc2)NC(=O)N1Cc1ccccc1. The van der Waals surface area contributed by atoms with Crippen LogP contribution >= 0.6 is 23.2 Å². The van der Waals surface area contributed by atoms with Crippen LogP contribution in [0.4, 0.5) is 4.79 Å². The van der Waals surface area contributed by atoms with E-state index < -0.39 is 6.04 Å². The number of hydrogen-bond acceptors (Lipinski definition) is 4. The van der Waals surface area contributed by atoms with Crippen LogP contribution in [0.15, 0.2) is 89.1 Å². The molecule has 0 bridgehead atoms. The highest BCUT2D eigenvalue weighted by atomic mass is 35.5. The van der Waals surface area contributed by atoms with Crippen molar-refractivity contribution in [2.24, 2.45) is 0 Å². The standard InChI is InChI=1S/C26H20Cl2N4O2/c1-16-22(25-30-24(31-34-25)19-8-5-9-21(28)14-19)23(18-10-12-20(27)13-11-18)29-26(33)32(16)15-17-6-3-2-4-7-17/h2-14,23H,15H2,1H3,(H,29,33). The molecule has 1 atom stereocenters. The molecule has 1 unspecified atom stereocenters. The third-order valence-corrected chi connectivity index (χ3v) is 6.21. The van der Waals surface area contributed by atoms with Crippen LogP contribution in [0.25, 0.3) is 17.0 Å². The van der Waals surface area contributed by atoms with Gasteiger partial charge in [0, 0.05) is 21.3 Å². The fraction of sp³-hybridized carbons (Fsp3) is 0.115. The lowest BCUT2D eigenvalue weighted by Gasteiger charge is -2.35. The minimum atomic E-state index is -0.482. The third-order valence-electron chi connectivity index (χ3n) is 5.72.